The average molecular weight is 844 g/mol. The number of esters is 2. The Morgan fingerprint density at radius 1 is 0.776 bits per heavy atom. The molecule has 6 atom stereocenters. The summed E-state index contributed by atoms with van der Waals surface area (Å²) in [6.45, 7) is 3.34. The van der Waals surface area contributed by atoms with Crippen LogP contribution < -0.4 is 5.73 Å². The number of carbonyl (C=O) groups excluding carboxylic acids is 3. The minimum atomic E-state index is -4.44. The van der Waals surface area contributed by atoms with Crippen LogP contribution in [0.5, 0.6) is 0 Å². The van der Waals surface area contributed by atoms with Crippen LogP contribution in [0.15, 0.2) is 24.3 Å². The van der Waals surface area contributed by atoms with Crippen LogP contribution in [0.25, 0.3) is 0 Å². The zero-order valence-corrected chi connectivity index (χ0v) is 37.1. The fourth-order valence-corrected chi connectivity index (χ4v) is 7.97. The van der Waals surface area contributed by atoms with E-state index in [0.29, 0.717) is 32.1 Å². The van der Waals surface area contributed by atoms with Crippen molar-refractivity contribution in [3.8, 4) is 0 Å². The standard InChI is InChI=1S/C45H82NO11P/c1-3-5-7-8-9-10-11-12-13-14-15-16-17-18-19-20-26-30-45(51)57-39(37-56-58(52,53)55-34-33-46)36-54-44(50)29-25-22-21-24-28-40-41(43(49)35-42(40)48)32-31-38(47)27-23-6-4-2/h21,24,31-32,38-41,43,47,49H,3-20,22-23,25-30,33-37,46H2,1-2H3,(H,52,53)/b24-21-,32-31+/t38-,39+,40+,41+,43+/m0/s1. The highest BCUT2D eigenvalue weighted by atomic mass is 31.2. The van der Waals surface area contributed by atoms with Gasteiger partial charge in [0, 0.05) is 37.6 Å². The first-order valence-corrected chi connectivity index (χ1v) is 24.4. The molecule has 0 aliphatic heterocycles. The first kappa shape index (κ1) is 54.1. The first-order chi connectivity index (χ1) is 28.0. The predicted octanol–water partition coefficient (Wildman–Crippen LogP) is 9.76. The number of unbranched alkanes of at least 4 members (excludes halogenated alkanes) is 19. The Bertz CT molecular complexity index is 1170. The number of aliphatic hydroxyl groups is 2. The number of Topliss-reactive ketones (excluding diaryl/α,β-unsaturated/α-hetero) is 1. The van der Waals surface area contributed by atoms with Crippen LogP contribution in [0.3, 0.4) is 0 Å². The number of phosphoric ester groups is 1. The molecule has 0 radical (unpaired) electrons. The Hall–Kier alpha value is -1.92. The summed E-state index contributed by atoms with van der Waals surface area (Å²) in [5, 5.41) is 20.7. The Labute approximate surface area is 351 Å². The van der Waals surface area contributed by atoms with Crippen LogP contribution in [-0.4, -0.2) is 77.5 Å². The first-order valence-electron chi connectivity index (χ1n) is 22.9. The quantitative estimate of drug-likeness (QED) is 0.0199. The SMILES string of the molecule is CCCCCCCCCCCCCCCCCCCC(=O)O[C@H](COC(=O)CCC/C=C\C[C@H]1C(=O)C[C@@H](O)[C@@H]1/C=C/[C@@H](O)CCCCC)COP(=O)(O)OCCN. The van der Waals surface area contributed by atoms with E-state index in [1.54, 1.807) is 12.2 Å². The smallest absolute Gasteiger partial charge is 0.462 e. The van der Waals surface area contributed by atoms with E-state index in [9.17, 15) is 34.1 Å². The molecule has 338 valence electrons. The van der Waals surface area contributed by atoms with E-state index in [-0.39, 0.29) is 56.6 Å². The lowest BCUT2D eigenvalue weighted by molar-refractivity contribution is -0.161. The molecule has 5 N–H and O–H groups in total. The molecule has 12 nitrogen and oxygen atoms in total. The predicted molar refractivity (Wildman–Crippen MR) is 230 cm³/mol. The van der Waals surface area contributed by atoms with Crippen LogP contribution >= 0.6 is 7.82 Å². The van der Waals surface area contributed by atoms with Gasteiger partial charge in [-0.3, -0.25) is 23.4 Å². The van der Waals surface area contributed by atoms with E-state index in [1.165, 1.54) is 83.5 Å². The number of rotatable bonds is 39. The zero-order valence-electron chi connectivity index (χ0n) is 36.2. The third kappa shape index (κ3) is 29.3. The summed E-state index contributed by atoms with van der Waals surface area (Å²) in [6, 6.07) is 0. The third-order valence-electron chi connectivity index (χ3n) is 10.7. The Kier molecular flexibility index (Phi) is 33.4. The number of allylic oxidation sites excluding steroid dienone is 2. The van der Waals surface area contributed by atoms with Crippen LogP contribution in [0, 0.1) is 11.8 Å². The molecule has 1 unspecified atom stereocenters. The molecule has 58 heavy (non-hydrogen) atoms. The number of carbonyl (C=O) groups is 3. The molecular formula is C45H82NO11P. The molecule has 0 bridgehead atoms. The van der Waals surface area contributed by atoms with Gasteiger partial charge in [0.1, 0.15) is 12.4 Å². The van der Waals surface area contributed by atoms with E-state index < -0.39 is 44.7 Å². The van der Waals surface area contributed by atoms with Crippen molar-refractivity contribution in [2.75, 3.05) is 26.4 Å². The van der Waals surface area contributed by atoms with Crippen LogP contribution in [0.4, 0.5) is 0 Å². The number of aliphatic hydroxyl groups excluding tert-OH is 2. The molecule has 0 spiro atoms. The monoisotopic (exact) mass is 844 g/mol. The molecule has 0 saturated heterocycles. The highest BCUT2D eigenvalue weighted by molar-refractivity contribution is 7.47. The Balaban J connectivity index is 2.36. The molecule has 1 aliphatic rings. The van der Waals surface area contributed by atoms with Gasteiger partial charge in [0.25, 0.3) is 0 Å². The largest absolute Gasteiger partial charge is 0.472 e. The molecule has 0 amide bonds. The van der Waals surface area contributed by atoms with Crippen molar-refractivity contribution in [1.82, 2.24) is 0 Å². The number of nitrogens with two attached hydrogens (primary N) is 1. The summed E-state index contributed by atoms with van der Waals surface area (Å²) in [5.41, 5.74) is 5.35. The van der Waals surface area contributed by atoms with E-state index in [2.05, 4.69) is 13.8 Å². The van der Waals surface area contributed by atoms with Gasteiger partial charge in [-0.25, -0.2) is 4.57 Å². The maximum Gasteiger partial charge on any atom is 0.472 e. The van der Waals surface area contributed by atoms with E-state index in [1.807, 2.05) is 12.2 Å². The molecule has 0 aromatic carbocycles. The van der Waals surface area contributed by atoms with Crippen LogP contribution in [0.1, 0.15) is 187 Å². The highest BCUT2D eigenvalue weighted by Crippen LogP contribution is 2.43. The van der Waals surface area contributed by atoms with Crippen LogP contribution in [0.2, 0.25) is 0 Å². The number of hydrogen-bond acceptors (Lipinski definition) is 11. The van der Waals surface area contributed by atoms with Crippen molar-refractivity contribution in [3.05, 3.63) is 24.3 Å². The second-order valence-corrected chi connectivity index (χ2v) is 17.5. The van der Waals surface area contributed by atoms with Gasteiger partial charge >= 0.3 is 19.8 Å². The summed E-state index contributed by atoms with van der Waals surface area (Å²) in [6.07, 6.45) is 31.4. The van der Waals surface area contributed by atoms with Crippen molar-refractivity contribution < 1.29 is 52.6 Å². The van der Waals surface area contributed by atoms with Gasteiger partial charge in [0.05, 0.1) is 25.4 Å². The van der Waals surface area contributed by atoms with Gasteiger partial charge in [-0.1, -0.05) is 160 Å². The number of phosphoric acid groups is 1. The van der Waals surface area contributed by atoms with E-state index >= 15 is 0 Å². The van der Waals surface area contributed by atoms with E-state index in [4.69, 9.17) is 24.3 Å². The maximum absolute atomic E-state index is 12.6. The lowest BCUT2D eigenvalue weighted by atomic mass is 9.90. The minimum absolute atomic E-state index is 0.00111. The molecule has 1 saturated carbocycles. The zero-order chi connectivity index (χ0) is 42.7. The lowest BCUT2D eigenvalue weighted by Gasteiger charge is -2.19. The van der Waals surface area contributed by atoms with E-state index in [0.717, 1.165) is 38.5 Å². The number of ketones is 1. The number of hydrogen-bond donors (Lipinski definition) is 4. The second-order valence-electron chi connectivity index (χ2n) is 16.1. The van der Waals surface area contributed by atoms with Gasteiger partial charge in [0.15, 0.2) is 6.10 Å². The van der Waals surface area contributed by atoms with Crippen molar-refractivity contribution in [2.45, 2.75) is 206 Å². The summed E-state index contributed by atoms with van der Waals surface area (Å²) in [5.74, 6) is -1.73. The molecular weight excluding hydrogens is 761 g/mol. The van der Waals surface area contributed by atoms with Gasteiger partial charge in [-0.05, 0) is 32.1 Å². The summed E-state index contributed by atoms with van der Waals surface area (Å²) in [7, 11) is -4.44. The van der Waals surface area contributed by atoms with Crippen molar-refractivity contribution in [3.63, 3.8) is 0 Å². The highest BCUT2D eigenvalue weighted by Gasteiger charge is 2.39. The molecule has 0 aromatic heterocycles. The van der Waals surface area contributed by atoms with Gasteiger partial charge < -0.3 is 30.3 Å². The Morgan fingerprint density at radius 2 is 1.33 bits per heavy atom. The second kappa shape index (κ2) is 35.8. The fraction of sp³-hybridized carbons (Fsp3) is 0.844. The third-order valence-corrected chi connectivity index (χ3v) is 11.7. The van der Waals surface area contributed by atoms with Crippen molar-refractivity contribution >= 4 is 25.5 Å². The maximum atomic E-state index is 12.6. The van der Waals surface area contributed by atoms with Crippen molar-refractivity contribution in [2.24, 2.45) is 17.6 Å². The molecule has 13 heteroatoms. The molecule has 1 aliphatic carbocycles. The molecule has 0 heterocycles. The van der Waals surface area contributed by atoms with Crippen molar-refractivity contribution in [1.29, 1.82) is 0 Å². The molecule has 0 aromatic rings. The summed E-state index contributed by atoms with van der Waals surface area (Å²) >= 11 is 0. The van der Waals surface area contributed by atoms with Gasteiger partial charge in [0.2, 0.25) is 0 Å². The summed E-state index contributed by atoms with van der Waals surface area (Å²) < 4.78 is 32.8. The summed E-state index contributed by atoms with van der Waals surface area (Å²) in [4.78, 5) is 47.6. The normalized spacial score (nSPS) is 19.2. The average Bonchev–Trinajstić information content (AvgIpc) is 3.47. The fourth-order valence-electron chi connectivity index (χ4n) is 7.20. The Morgan fingerprint density at radius 3 is 1.91 bits per heavy atom. The van der Waals surface area contributed by atoms with Gasteiger partial charge in [-0.2, -0.15) is 0 Å². The van der Waals surface area contributed by atoms with Gasteiger partial charge in [-0.15, -0.1) is 0 Å². The van der Waals surface area contributed by atoms with Crippen LogP contribution in [-0.2, 0) is 37.5 Å². The molecule has 1 fully saturated rings. The minimum Gasteiger partial charge on any atom is -0.462 e. The topological polar surface area (TPSA) is 192 Å². The lowest BCUT2D eigenvalue weighted by Crippen LogP contribution is -2.29. The molecule has 1 rings (SSSR count). The number of ether oxygens (including phenoxy) is 2.